The highest BCUT2D eigenvalue weighted by atomic mass is 16.1. The number of fused-ring (bicyclic) bond motifs is 4. The van der Waals surface area contributed by atoms with Gasteiger partial charge in [0.1, 0.15) is 0 Å². The van der Waals surface area contributed by atoms with Gasteiger partial charge in [-0.2, -0.15) is 0 Å². The van der Waals surface area contributed by atoms with E-state index in [1.807, 2.05) is 84.9 Å². The number of ketones is 1. The first-order valence-electron chi connectivity index (χ1n) is 16.3. The van der Waals surface area contributed by atoms with E-state index in [0.29, 0.717) is 6.04 Å². The molecule has 0 saturated carbocycles. The second-order valence-corrected chi connectivity index (χ2v) is 12.3. The van der Waals surface area contributed by atoms with Gasteiger partial charge in [-0.1, -0.05) is 170 Å². The van der Waals surface area contributed by atoms with Crippen molar-refractivity contribution < 1.29 is 4.79 Å². The fraction of sp³-hybridized carbons (Fsp3) is 0.0889. The SMILES string of the molecule is CC(C)NC(c1cccc2ccccc12)c1cccc2ccccc12.O=C(c1cccc2ccccc12)c1cccc2ccccc12. The smallest absolute Gasteiger partial charge is 0.194 e. The highest BCUT2D eigenvalue weighted by Crippen LogP contribution is 2.33. The minimum atomic E-state index is 0.0774. The Morgan fingerprint density at radius 3 is 1.13 bits per heavy atom. The molecule has 0 aliphatic rings. The Labute approximate surface area is 276 Å². The Bertz CT molecular complexity index is 2170. The number of hydrogen-bond acceptors (Lipinski definition) is 2. The van der Waals surface area contributed by atoms with Gasteiger partial charge in [-0.05, 0) is 68.1 Å². The number of rotatable bonds is 6. The van der Waals surface area contributed by atoms with Crippen LogP contribution in [-0.4, -0.2) is 11.8 Å². The van der Waals surface area contributed by atoms with Crippen LogP contribution in [0, 0.1) is 0 Å². The fourth-order valence-corrected chi connectivity index (χ4v) is 6.68. The van der Waals surface area contributed by atoms with Crippen LogP contribution in [0.15, 0.2) is 170 Å². The van der Waals surface area contributed by atoms with Crippen molar-refractivity contribution in [2.24, 2.45) is 0 Å². The average Bonchev–Trinajstić information content (AvgIpc) is 3.13. The van der Waals surface area contributed by atoms with E-state index >= 15 is 0 Å². The maximum absolute atomic E-state index is 13.1. The van der Waals surface area contributed by atoms with E-state index in [2.05, 4.69) is 104 Å². The van der Waals surface area contributed by atoms with Gasteiger partial charge in [0.05, 0.1) is 6.04 Å². The summed E-state index contributed by atoms with van der Waals surface area (Å²) < 4.78 is 0. The van der Waals surface area contributed by atoms with Crippen molar-refractivity contribution in [3.8, 4) is 0 Å². The molecule has 0 heterocycles. The molecule has 0 aliphatic carbocycles. The van der Waals surface area contributed by atoms with E-state index < -0.39 is 0 Å². The van der Waals surface area contributed by atoms with Crippen molar-refractivity contribution >= 4 is 48.9 Å². The molecule has 8 aromatic carbocycles. The normalized spacial score (nSPS) is 11.3. The summed E-state index contributed by atoms with van der Waals surface area (Å²) in [5, 5.41) is 13.2. The van der Waals surface area contributed by atoms with Crippen LogP contribution in [0.4, 0.5) is 0 Å². The Morgan fingerprint density at radius 1 is 0.404 bits per heavy atom. The molecule has 0 atom stereocenters. The second-order valence-electron chi connectivity index (χ2n) is 12.3. The van der Waals surface area contributed by atoms with Crippen LogP contribution in [0.5, 0.6) is 0 Å². The maximum atomic E-state index is 13.1. The van der Waals surface area contributed by atoms with Gasteiger partial charge < -0.3 is 5.32 Å². The standard InChI is InChI=1S/C24H23N.C21H14O/c1-17(2)25-24(22-15-7-11-18-9-3-5-13-20(18)22)23-16-8-12-19-10-4-6-14-21(19)23;22-21(19-13-5-9-15-7-1-3-11-17(15)19)20-14-6-10-16-8-2-4-12-18(16)20/h3-17,24-25H,1-2H3;1-14H. The first kappa shape index (κ1) is 30.1. The number of carbonyl (C=O) groups excluding carboxylic acids is 1. The average molecular weight is 608 g/mol. The summed E-state index contributed by atoms with van der Waals surface area (Å²) in [6, 6.07) is 58.9. The Kier molecular flexibility index (Phi) is 8.60. The minimum Gasteiger partial charge on any atom is -0.304 e. The third-order valence-corrected chi connectivity index (χ3v) is 8.84. The summed E-state index contributed by atoms with van der Waals surface area (Å²) in [5.74, 6) is 0.0774. The van der Waals surface area contributed by atoms with Gasteiger partial charge in [0.25, 0.3) is 0 Å². The zero-order valence-electron chi connectivity index (χ0n) is 26.7. The molecule has 228 valence electrons. The minimum absolute atomic E-state index is 0.0774. The lowest BCUT2D eigenvalue weighted by atomic mass is 9.90. The Balaban J connectivity index is 0.000000151. The summed E-state index contributed by atoms with van der Waals surface area (Å²) in [6.07, 6.45) is 0. The van der Waals surface area contributed by atoms with E-state index in [0.717, 1.165) is 32.7 Å². The van der Waals surface area contributed by atoms with Crippen LogP contribution in [0.25, 0.3) is 43.1 Å². The molecule has 0 fully saturated rings. The molecule has 2 heteroatoms. The van der Waals surface area contributed by atoms with Crippen molar-refractivity contribution in [1.82, 2.24) is 5.32 Å². The van der Waals surface area contributed by atoms with E-state index in [9.17, 15) is 4.79 Å². The topological polar surface area (TPSA) is 29.1 Å². The largest absolute Gasteiger partial charge is 0.304 e. The molecule has 0 bridgehead atoms. The quantitative estimate of drug-likeness (QED) is 0.191. The second kappa shape index (κ2) is 13.4. The van der Waals surface area contributed by atoms with Crippen LogP contribution in [0.2, 0.25) is 0 Å². The molecule has 0 aliphatic heterocycles. The maximum Gasteiger partial charge on any atom is 0.194 e. The van der Waals surface area contributed by atoms with Crippen molar-refractivity contribution in [1.29, 1.82) is 0 Å². The van der Waals surface area contributed by atoms with E-state index in [-0.39, 0.29) is 11.8 Å². The van der Waals surface area contributed by atoms with Crippen LogP contribution in [-0.2, 0) is 0 Å². The van der Waals surface area contributed by atoms with E-state index in [1.165, 1.54) is 32.7 Å². The zero-order valence-corrected chi connectivity index (χ0v) is 26.7. The van der Waals surface area contributed by atoms with Crippen molar-refractivity contribution in [2.75, 3.05) is 0 Å². The summed E-state index contributed by atoms with van der Waals surface area (Å²) >= 11 is 0. The van der Waals surface area contributed by atoms with Crippen LogP contribution in [0.3, 0.4) is 0 Å². The summed E-state index contributed by atoms with van der Waals surface area (Å²) in [4.78, 5) is 13.1. The molecule has 0 radical (unpaired) electrons. The molecule has 0 amide bonds. The number of nitrogens with one attached hydrogen (secondary N) is 1. The molecule has 8 aromatic rings. The molecule has 0 saturated heterocycles. The van der Waals surface area contributed by atoms with E-state index in [4.69, 9.17) is 0 Å². The molecule has 8 rings (SSSR count). The van der Waals surface area contributed by atoms with Gasteiger partial charge in [0, 0.05) is 17.2 Å². The van der Waals surface area contributed by atoms with E-state index in [1.54, 1.807) is 0 Å². The van der Waals surface area contributed by atoms with Crippen LogP contribution in [0.1, 0.15) is 46.9 Å². The number of carbonyl (C=O) groups is 1. The van der Waals surface area contributed by atoms with Gasteiger partial charge in [-0.25, -0.2) is 0 Å². The monoisotopic (exact) mass is 607 g/mol. The molecule has 2 nitrogen and oxygen atoms in total. The van der Waals surface area contributed by atoms with Crippen molar-refractivity contribution in [3.63, 3.8) is 0 Å². The third kappa shape index (κ3) is 6.16. The van der Waals surface area contributed by atoms with Gasteiger partial charge >= 0.3 is 0 Å². The summed E-state index contributed by atoms with van der Waals surface area (Å²) in [5.41, 5.74) is 4.19. The van der Waals surface area contributed by atoms with Gasteiger partial charge in [-0.15, -0.1) is 0 Å². The van der Waals surface area contributed by atoms with Gasteiger partial charge in [-0.3, -0.25) is 4.79 Å². The molecule has 0 spiro atoms. The number of benzene rings is 8. The third-order valence-electron chi connectivity index (χ3n) is 8.84. The first-order chi connectivity index (χ1) is 23.1. The molecule has 0 aromatic heterocycles. The molecule has 47 heavy (non-hydrogen) atoms. The van der Waals surface area contributed by atoms with Crippen molar-refractivity contribution in [3.05, 3.63) is 192 Å². The molecule has 1 N–H and O–H groups in total. The van der Waals surface area contributed by atoms with Gasteiger partial charge in [0.15, 0.2) is 5.78 Å². The van der Waals surface area contributed by atoms with Crippen LogP contribution < -0.4 is 5.32 Å². The van der Waals surface area contributed by atoms with Gasteiger partial charge in [0.2, 0.25) is 0 Å². The Hall–Kier alpha value is -5.57. The lowest BCUT2D eigenvalue weighted by Crippen LogP contribution is -2.29. The predicted octanol–water partition coefficient (Wildman–Crippen LogP) is 11.3. The first-order valence-corrected chi connectivity index (χ1v) is 16.3. The number of hydrogen-bond donors (Lipinski definition) is 1. The molecule has 0 unspecified atom stereocenters. The van der Waals surface area contributed by atoms with Crippen molar-refractivity contribution in [2.45, 2.75) is 25.9 Å². The lowest BCUT2D eigenvalue weighted by Gasteiger charge is -2.25. The highest BCUT2D eigenvalue weighted by Gasteiger charge is 2.19. The fourth-order valence-electron chi connectivity index (χ4n) is 6.68. The van der Waals surface area contributed by atoms with Crippen LogP contribution >= 0.6 is 0 Å². The molecular weight excluding hydrogens is 571 g/mol. The summed E-state index contributed by atoms with van der Waals surface area (Å²) in [7, 11) is 0. The Morgan fingerprint density at radius 2 is 0.723 bits per heavy atom. The molecular formula is C45H37NO. The zero-order chi connectivity index (χ0) is 32.2. The highest BCUT2D eigenvalue weighted by molar-refractivity contribution is 6.21. The lowest BCUT2D eigenvalue weighted by molar-refractivity contribution is 0.104. The predicted molar refractivity (Wildman–Crippen MR) is 199 cm³/mol. The summed E-state index contributed by atoms with van der Waals surface area (Å²) in [6.45, 7) is 4.42.